The lowest BCUT2D eigenvalue weighted by Gasteiger charge is -2.49. The van der Waals surface area contributed by atoms with E-state index in [1.165, 1.54) is 12.8 Å². The average Bonchev–Trinajstić information content (AvgIpc) is 2.52. The molecule has 1 spiro atoms. The van der Waals surface area contributed by atoms with Crippen molar-refractivity contribution in [3.63, 3.8) is 0 Å². The number of hydrogen-bond acceptors (Lipinski definition) is 4. The summed E-state index contributed by atoms with van der Waals surface area (Å²) in [5.74, 6) is 0.649. The fraction of sp³-hybridized carbons (Fsp3) is 1.00. The first-order valence-corrected chi connectivity index (χ1v) is 8.74. The van der Waals surface area contributed by atoms with E-state index in [4.69, 9.17) is 18.9 Å². The van der Waals surface area contributed by atoms with E-state index in [0.29, 0.717) is 18.4 Å². The summed E-state index contributed by atoms with van der Waals surface area (Å²) in [6.45, 7) is 6.81. The lowest BCUT2D eigenvalue weighted by atomic mass is 9.83. The zero-order chi connectivity index (χ0) is 14.7. The Hall–Kier alpha value is -0.160. The summed E-state index contributed by atoms with van der Waals surface area (Å²) < 4.78 is 24.1. The summed E-state index contributed by atoms with van der Waals surface area (Å²) in [6.07, 6.45) is 8.00. The quantitative estimate of drug-likeness (QED) is 0.799. The second kappa shape index (κ2) is 6.95. The monoisotopic (exact) mass is 298 g/mol. The third kappa shape index (κ3) is 3.61. The predicted molar refractivity (Wildman–Crippen MR) is 79.9 cm³/mol. The molecule has 0 radical (unpaired) electrons. The van der Waals surface area contributed by atoms with Crippen LogP contribution in [0.5, 0.6) is 0 Å². The maximum absolute atomic E-state index is 6.43. The Bertz CT molecular complexity index is 329. The molecule has 0 saturated carbocycles. The van der Waals surface area contributed by atoms with Gasteiger partial charge in [-0.05, 0) is 44.4 Å². The van der Waals surface area contributed by atoms with Gasteiger partial charge in [0.05, 0.1) is 19.3 Å². The first-order valence-electron chi connectivity index (χ1n) is 8.74. The van der Waals surface area contributed by atoms with E-state index in [0.717, 1.165) is 45.3 Å². The Kier molecular flexibility index (Phi) is 5.20. The van der Waals surface area contributed by atoms with Gasteiger partial charge in [-0.1, -0.05) is 13.8 Å². The molecule has 3 aliphatic heterocycles. The fourth-order valence-corrected chi connectivity index (χ4v) is 3.75. The molecule has 0 bridgehead atoms. The van der Waals surface area contributed by atoms with Crippen molar-refractivity contribution in [1.82, 2.24) is 0 Å². The van der Waals surface area contributed by atoms with E-state index in [1.807, 2.05) is 0 Å². The van der Waals surface area contributed by atoms with Gasteiger partial charge in [0.25, 0.3) is 0 Å². The molecule has 3 heterocycles. The minimum atomic E-state index is -0.355. The highest BCUT2D eigenvalue weighted by molar-refractivity contribution is 4.88. The van der Waals surface area contributed by atoms with Crippen LogP contribution >= 0.6 is 0 Å². The van der Waals surface area contributed by atoms with Crippen molar-refractivity contribution in [2.45, 2.75) is 77.0 Å². The molecule has 4 nitrogen and oxygen atoms in total. The molecule has 21 heavy (non-hydrogen) atoms. The Labute approximate surface area is 128 Å². The molecule has 3 aliphatic rings. The van der Waals surface area contributed by atoms with Crippen molar-refractivity contribution in [3.05, 3.63) is 0 Å². The molecule has 1 unspecified atom stereocenters. The second-order valence-electron chi connectivity index (χ2n) is 7.01. The normalized spacial score (nSPS) is 44.9. The summed E-state index contributed by atoms with van der Waals surface area (Å²) in [5.41, 5.74) is 0. The molecular formula is C17H30O4. The van der Waals surface area contributed by atoms with Crippen LogP contribution in [-0.2, 0) is 18.9 Å². The molecule has 0 aliphatic carbocycles. The van der Waals surface area contributed by atoms with Gasteiger partial charge in [0.15, 0.2) is 12.1 Å². The zero-order valence-electron chi connectivity index (χ0n) is 13.5. The summed E-state index contributed by atoms with van der Waals surface area (Å²) in [5, 5.41) is 0. The summed E-state index contributed by atoms with van der Waals surface area (Å²) in [6, 6.07) is 0. The molecule has 3 saturated heterocycles. The largest absolute Gasteiger partial charge is 0.353 e. The fourth-order valence-electron chi connectivity index (χ4n) is 3.75. The third-order valence-corrected chi connectivity index (χ3v) is 5.40. The Morgan fingerprint density at radius 3 is 2.71 bits per heavy atom. The van der Waals surface area contributed by atoms with Crippen LogP contribution in [0, 0.1) is 11.8 Å². The highest BCUT2D eigenvalue weighted by atomic mass is 16.7. The van der Waals surface area contributed by atoms with Crippen molar-refractivity contribution in [1.29, 1.82) is 0 Å². The van der Waals surface area contributed by atoms with Crippen LogP contribution in [0.2, 0.25) is 0 Å². The maximum Gasteiger partial charge on any atom is 0.171 e. The van der Waals surface area contributed by atoms with Crippen LogP contribution in [0.1, 0.15) is 58.8 Å². The molecule has 0 N–H and O–H groups in total. The van der Waals surface area contributed by atoms with Crippen molar-refractivity contribution >= 4 is 0 Å². The Morgan fingerprint density at radius 2 is 1.95 bits per heavy atom. The van der Waals surface area contributed by atoms with Crippen molar-refractivity contribution in [2.24, 2.45) is 11.8 Å². The predicted octanol–water partition coefficient (Wildman–Crippen LogP) is 3.49. The summed E-state index contributed by atoms with van der Waals surface area (Å²) in [7, 11) is 0. The zero-order valence-corrected chi connectivity index (χ0v) is 13.5. The molecule has 0 aromatic heterocycles. The van der Waals surface area contributed by atoms with Gasteiger partial charge in [0.2, 0.25) is 0 Å². The van der Waals surface area contributed by atoms with Crippen LogP contribution in [0.4, 0.5) is 0 Å². The standard InChI is InChI=1S/C17H30O4/c1-13-8-9-17(14(2)6-5-11-20-17)21-15(13)12-19-16-7-3-4-10-18-16/h13-16H,3-12H2,1-2H3/t13-,14+,15+,16?,17+/m0/s1. The van der Waals surface area contributed by atoms with Gasteiger partial charge in [-0.3, -0.25) is 0 Å². The topological polar surface area (TPSA) is 36.9 Å². The van der Waals surface area contributed by atoms with Crippen molar-refractivity contribution in [2.75, 3.05) is 19.8 Å². The van der Waals surface area contributed by atoms with Gasteiger partial charge in [0.1, 0.15) is 0 Å². The molecule has 0 amide bonds. The molecule has 4 heteroatoms. The first kappa shape index (κ1) is 15.7. The van der Waals surface area contributed by atoms with Crippen LogP contribution in [0.15, 0.2) is 0 Å². The summed E-state index contributed by atoms with van der Waals surface area (Å²) in [4.78, 5) is 0. The number of ether oxygens (including phenoxy) is 4. The number of rotatable bonds is 3. The number of hydrogen-bond donors (Lipinski definition) is 0. The maximum atomic E-state index is 6.43. The third-order valence-electron chi connectivity index (χ3n) is 5.40. The van der Waals surface area contributed by atoms with Gasteiger partial charge >= 0.3 is 0 Å². The highest BCUT2D eigenvalue weighted by Crippen LogP contribution is 2.42. The van der Waals surface area contributed by atoms with Crippen LogP contribution in [0.3, 0.4) is 0 Å². The Morgan fingerprint density at radius 1 is 1.05 bits per heavy atom. The van der Waals surface area contributed by atoms with Gasteiger partial charge in [-0.2, -0.15) is 0 Å². The molecular weight excluding hydrogens is 268 g/mol. The minimum Gasteiger partial charge on any atom is -0.353 e. The molecule has 5 atom stereocenters. The van der Waals surface area contributed by atoms with Crippen molar-refractivity contribution < 1.29 is 18.9 Å². The van der Waals surface area contributed by atoms with Crippen LogP contribution < -0.4 is 0 Å². The highest BCUT2D eigenvalue weighted by Gasteiger charge is 2.46. The van der Waals surface area contributed by atoms with E-state index in [2.05, 4.69) is 13.8 Å². The lowest BCUT2D eigenvalue weighted by Crippen LogP contribution is -2.53. The second-order valence-corrected chi connectivity index (χ2v) is 7.01. The van der Waals surface area contributed by atoms with Gasteiger partial charge in [-0.15, -0.1) is 0 Å². The van der Waals surface area contributed by atoms with Gasteiger partial charge in [-0.25, -0.2) is 0 Å². The van der Waals surface area contributed by atoms with E-state index in [1.54, 1.807) is 0 Å². The van der Waals surface area contributed by atoms with Gasteiger partial charge in [0, 0.05) is 18.9 Å². The SMILES string of the molecule is C[C@@H]1CCCO[C@@]12CC[C@H](C)[C@@H](COC1CCCCO1)O2. The van der Waals surface area contributed by atoms with E-state index >= 15 is 0 Å². The first-order chi connectivity index (χ1) is 10.2. The lowest BCUT2D eigenvalue weighted by molar-refractivity contribution is -0.335. The van der Waals surface area contributed by atoms with E-state index < -0.39 is 0 Å². The Balaban J connectivity index is 1.55. The average molecular weight is 298 g/mol. The minimum absolute atomic E-state index is 0.0304. The van der Waals surface area contributed by atoms with E-state index in [9.17, 15) is 0 Å². The van der Waals surface area contributed by atoms with Crippen LogP contribution in [-0.4, -0.2) is 38.0 Å². The van der Waals surface area contributed by atoms with Crippen LogP contribution in [0.25, 0.3) is 0 Å². The molecule has 3 rings (SSSR count). The summed E-state index contributed by atoms with van der Waals surface area (Å²) >= 11 is 0. The van der Waals surface area contributed by atoms with Gasteiger partial charge < -0.3 is 18.9 Å². The molecule has 0 aromatic rings. The van der Waals surface area contributed by atoms with Crippen molar-refractivity contribution in [3.8, 4) is 0 Å². The molecule has 0 aromatic carbocycles. The smallest absolute Gasteiger partial charge is 0.171 e. The molecule has 122 valence electrons. The van der Waals surface area contributed by atoms with E-state index in [-0.39, 0.29) is 18.2 Å². The molecule has 3 fully saturated rings.